The predicted molar refractivity (Wildman–Crippen MR) is 84.3 cm³/mol. The van der Waals surface area contributed by atoms with Gasteiger partial charge >= 0.3 is 0 Å². The van der Waals surface area contributed by atoms with Crippen LogP contribution >= 0.6 is 11.6 Å². The Bertz CT molecular complexity index is 438. The van der Waals surface area contributed by atoms with E-state index in [9.17, 15) is 0 Å². The number of nitrogens with zero attached hydrogens (tertiary/aromatic N) is 1. The molecule has 112 valence electrons. The van der Waals surface area contributed by atoms with E-state index in [0.29, 0.717) is 17.0 Å². The van der Waals surface area contributed by atoms with Crippen LogP contribution in [0.15, 0.2) is 18.2 Å². The summed E-state index contributed by atoms with van der Waals surface area (Å²) in [6.45, 7) is 1.70. The van der Waals surface area contributed by atoms with Crippen LogP contribution < -0.4 is 10.5 Å². The molecule has 3 nitrogen and oxygen atoms in total. The highest BCUT2D eigenvalue weighted by Crippen LogP contribution is 2.29. The number of methoxy groups -OCH3 is 1. The van der Waals surface area contributed by atoms with Crippen molar-refractivity contribution >= 4 is 11.6 Å². The number of nitrogens with two attached hydrogens (primary N) is 1. The fourth-order valence-corrected chi connectivity index (χ4v) is 3.54. The number of rotatable bonds is 5. The molecule has 0 spiro atoms. The molecule has 1 aliphatic rings. The minimum atomic E-state index is 0.592. The first-order valence-corrected chi connectivity index (χ1v) is 7.76. The van der Waals surface area contributed by atoms with E-state index in [1.807, 2.05) is 12.1 Å². The first-order chi connectivity index (χ1) is 9.65. The lowest BCUT2D eigenvalue weighted by Gasteiger charge is -2.37. The van der Waals surface area contributed by atoms with E-state index >= 15 is 0 Å². The number of benzene rings is 1. The molecule has 1 saturated carbocycles. The molecule has 4 heteroatoms. The molecule has 1 fully saturated rings. The van der Waals surface area contributed by atoms with Crippen LogP contribution in [0.2, 0.25) is 5.02 Å². The largest absolute Gasteiger partial charge is 0.495 e. The van der Waals surface area contributed by atoms with E-state index in [1.165, 1.54) is 31.2 Å². The number of halogens is 1. The predicted octanol–water partition coefficient (Wildman–Crippen LogP) is 3.30. The maximum Gasteiger partial charge on any atom is 0.137 e. The molecule has 0 aromatic heterocycles. The highest BCUT2D eigenvalue weighted by Gasteiger charge is 2.27. The van der Waals surface area contributed by atoms with Gasteiger partial charge in [0.25, 0.3) is 0 Å². The average molecular weight is 297 g/mol. The van der Waals surface area contributed by atoms with Gasteiger partial charge in [-0.1, -0.05) is 30.5 Å². The highest BCUT2D eigenvalue weighted by molar-refractivity contribution is 6.32. The average Bonchev–Trinajstić information content (AvgIpc) is 2.47. The van der Waals surface area contributed by atoms with Gasteiger partial charge in [-0.25, -0.2) is 0 Å². The minimum Gasteiger partial charge on any atom is -0.495 e. The molecule has 1 aliphatic carbocycles. The van der Waals surface area contributed by atoms with Crippen molar-refractivity contribution in [2.45, 2.75) is 38.3 Å². The molecule has 0 radical (unpaired) electrons. The van der Waals surface area contributed by atoms with Crippen LogP contribution in [-0.4, -0.2) is 31.6 Å². The lowest BCUT2D eigenvalue weighted by molar-refractivity contribution is 0.127. The first kappa shape index (κ1) is 15.6. The maximum atomic E-state index is 6.19. The summed E-state index contributed by atoms with van der Waals surface area (Å²) in [6, 6.07) is 6.61. The molecular formula is C16H25ClN2O. The summed E-state index contributed by atoms with van der Waals surface area (Å²) in [7, 11) is 3.83. The Labute approximate surface area is 127 Å². The zero-order valence-electron chi connectivity index (χ0n) is 12.4. The van der Waals surface area contributed by atoms with Gasteiger partial charge in [0.05, 0.1) is 12.1 Å². The molecular weight excluding hydrogens is 272 g/mol. The van der Waals surface area contributed by atoms with Crippen molar-refractivity contribution in [1.82, 2.24) is 4.90 Å². The van der Waals surface area contributed by atoms with Gasteiger partial charge in [0, 0.05) is 12.6 Å². The fourth-order valence-electron chi connectivity index (χ4n) is 3.26. The first-order valence-electron chi connectivity index (χ1n) is 7.38. The summed E-state index contributed by atoms with van der Waals surface area (Å²) in [5, 5.41) is 0.678. The van der Waals surface area contributed by atoms with E-state index in [4.69, 9.17) is 22.1 Å². The zero-order valence-corrected chi connectivity index (χ0v) is 13.2. The van der Waals surface area contributed by atoms with Crippen molar-refractivity contribution in [3.63, 3.8) is 0 Å². The third kappa shape index (κ3) is 3.66. The summed E-state index contributed by atoms with van der Waals surface area (Å²) < 4.78 is 5.19. The standard InChI is InChI=1S/C16H25ClN2O/c1-19(15-6-4-3-5-13(15)10-18)11-12-7-8-16(20-2)14(17)9-12/h7-9,13,15H,3-6,10-11,18H2,1-2H3. The molecule has 2 atom stereocenters. The summed E-state index contributed by atoms with van der Waals surface area (Å²) >= 11 is 6.19. The Morgan fingerprint density at radius 1 is 1.35 bits per heavy atom. The number of hydrogen-bond donors (Lipinski definition) is 1. The van der Waals surface area contributed by atoms with Gasteiger partial charge in [-0.3, -0.25) is 4.90 Å². The Kier molecular flexibility index (Phi) is 5.70. The van der Waals surface area contributed by atoms with Gasteiger partial charge in [0.15, 0.2) is 0 Å². The van der Waals surface area contributed by atoms with Crippen molar-refractivity contribution in [3.8, 4) is 5.75 Å². The SMILES string of the molecule is COc1ccc(CN(C)C2CCCCC2CN)cc1Cl. The quantitative estimate of drug-likeness (QED) is 0.906. The topological polar surface area (TPSA) is 38.5 Å². The van der Waals surface area contributed by atoms with E-state index in [0.717, 1.165) is 18.8 Å². The Morgan fingerprint density at radius 3 is 2.75 bits per heavy atom. The normalized spacial score (nSPS) is 23.1. The molecule has 2 unspecified atom stereocenters. The van der Waals surface area contributed by atoms with Gasteiger partial charge in [-0.15, -0.1) is 0 Å². The maximum absolute atomic E-state index is 6.19. The van der Waals surface area contributed by atoms with Crippen LogP contribution in [0, 0.1) is 5.92 Å². The monoisotopic (exact) mass is 296 g/mol. The van der Waals surface area contributed by atoms with Crippen molar-refractivity contribution in [1.29, 1.82) is 0 Å². The van der Waals surface area contributed by atoms with Crippen LogP contribution in [-0.2, 0) is 6.54 Å². The van der Waals surface area contributed by atoms with Gasteiger partial charge in [-0.2, -0.15) is 0 Å². The van der Waals surface area contributed by atoms with Crippen LogP contribution in [0.4, 0.5) is 0 Å². The van der Waals surface area contributed by atoms with E-state index in [1.54, 1.807) is 7.11 Å². The van der Waals surface area contributed by atoms with Crippen molar-refractivity contribution in [3.05, 3.63) is 28.8 Å². The molecule has 1 aromatic rings. The van der Waals surface area contributed by atoms with E-state index in [-0.39, 0.29) is 0 Å². The minimum absolute atomic E-state index is 0.592. The van der Waals surface area contributed by atoms with Crippen LogP contribution in [0.25, 0.3) is 0 Å². The lowest BCUT2D eigenvalue weighted by Crippen LogP contribution is -2.42. The molecule has 0 heterocycles. The summed E-state index contributed by atoms with van der Waals surface area (Å²) in [6.07, 6.45) is 5.15. The second-order valence-corrected chi connectivity index (χ2v) is 6.14. The van der Waals surface area contributed by atoms with Crippen LogP contribution in [0.3, 0.4) is 0 Å². The Morgan fingerprint density at radius 2 is 2.10 bits per heavy atom. The smallest absolute Gasteiger partial charge is 0.137 e. The van der Waals surface area contributed by atoms with Crippen molar-refractivity contribution in [2.75, 3.05) is 20.7 Å². The summed E-state index contributed by atoms with van der Waals surface area (Å²) in [4.78, 5) is 2.43. The van der Waals surface area contributed by atoms with Crippen molar-refractivity contribution < 1.29 is 4.74 Å². The molecule has 2 N–H and O–H groups in total. The molecule has 0 saturated heterocycles. The second-order valence-electron chi connectivity index (χ2n) is 5.73. The van der Waals surface area contributed by atoms with E-state index in [2.05, 4.69) is 18.0 Å². The fraction of sp³-hybridized carbons (Fsp3) is 0.625. The van der Waals surface area contributed by atoms with Gasteiger partial charge in [0.2, 0.25) is 0 Å². The third-order valence-electron chi connectivity index (χ3n) is 4.39. The van der Waals surface area contributed by atoms with Crippen LogP contribution in [0.5, 0.6) is 5.75 Å². The summed E-state index contributed by atoms with van der Waals surface area (Å²) in [5.41, 5.74) is 7.14. The van der Waals surface area contributed by atoms with Crippen LogP contribution in [0.1, 0.15) is 31.2 Å². The van der Waals surface area contributed by atoms with Gasteiger partial charge < -0.3 is 10.5 Å². The number of ether oxygens (including phenoxy) is 1. The molecule has 2 rings (SSSR count). The van der Waals surface area contributed by atoms with E-state index < -0.39 is 0 Å². The lowest BCUT2D eigenvalue weighted by atomic mass is 9.83. The Balaban J connectivity index is 2.03. The molecule has 20 heavy (non-hydrogen) atoms. The molecule has 0 amide bonds. The number of hydrogen-bond acceptors (Lipinski definition) is 3. The third-order valence-corrected chi connectivity index (χ3v) is 4.68. The van der Waals surface area contributed by atoms with Gasteiger partial charge in [0.1, 0.15) is 5.75 Å². The van der Waals surface area contributed by atoms with Gasteiger partial charge in [-0.05, 0) is 50.0 Å². The van der Waals surface area contributed by atoms with Crippen molar-refractivity contribution in [2.24, 2.45) is 11.7 Å². The Hall–Kier alpha value is -0.770. The summed E-state index contributed by atoms with van der Waals surface area (Å²) in [5.74, 6) is 1.36. The molecule has 1 aromatic carbocycles. The highest BCUT2D eigenvalue weighted by atomic mass is 35.5. The zero-order chi connectivity index (χ0) is 14.5. The molecule has 0 bridgehead atoms. The second kappa shape index (κ2) is 7.30. The molecule has 0 aliphatic heterocycles.